The Labute approximate surface area is 157 Å². The van der Waals surface area contributed by atoms with Crippen molar-refractivity contribution in [1.29, 1.82) is 0 Å². The molecule has 148 valence electrons. The van der Waals surface area contributed by atoms with Crippen molar-refractivity contribution < 1.29 is 14.3 Å². The van der Waals surface area contributed by atoms with Crippen LogP contribution >= 0.6 is 0 Å². The number of nitrogens with zero attached hydrogens (tertiary/aromatic N) is 1. The summed E-state index contributed by atoms with van der Waals surface area (Å²) in [6.07, 6.45) is 9.32. The SMILES string of the molecule is CCCC(CCO)CN=C(NCCc1ccco1)NCC1CCCCO1. The first-order chi connectivity index (χ1) is 12.8. The summed E-state index contributed by atoms with van der Waals surface area (Å²) in [4.78, 5) is 4.76. The number of ether oxygens (including phenoxy) is 1. The monoisotopic (exact) mass is 365 g/mol. The minimum atomic E-state index is 0.227. The zero-order valence-electron chi connectivity index (χ0n) is 16.1. The zero-order valence-corrected chi connectivity index (χ0v) is 16.1. The summed E-state index contributed by atoms with van der Waals surface area (Å²) in [7, 11) is 0. The third-order valence-electron chi connectivity index (χ3n) is 4.76. The fourth-order valence-corrected chi connectivity index (χ4v) is 3.25. The predicted octanol–water partition coefficient (Wildman–Crippen LogP) is 2.73. The van der Waals surface area contributed by atoms with Crippen LogP contribution < -0.4 is 10.6 Å². The van der Waals surface area contributed by atoms with E-state index in [9.17, 15) is 5.11 Å². The van der Waals surface area contributed by atoms with Crippen molar-refractivity contribution >= 4 is 5.96 Å². The summed E-state index contributed by atoms with van der Waals surface area (Å²) in [5.74, 6) is 2.22. The van der Waals surface area contributed by atoms with Gasteiger partial charge in [-0.15, -0.1) is 0 Å². The molecule has 2 unspecified atom stereocenters. The first kappa shape index (κ1) is 20.8. The number of rotatable bonds is 11. The number of guanidine groups is 1. The van der Waals surface area contributed by atoms with E-state index in [1.165, 1.54) is 12.8 Å². The lowest BCUT2D eigenvalue weighted by Gasteiger charge is -2.24. The van der Waals surface area contributed by atoms with E-state index < -0.39 is 0 Å². The molecule has 6 heteroatoms. The molecule has 0 aromatic carbocycles. The minimum absolute atomic E-state index is 0.227. The van der Waals surface area contributed by atoms with Crippen molar-refractivity contribution in [2.24, 2.45) is 10.9 Å². The predicted molar refractivity (Wildman–Crippen MR) is 104 cm³/mol. The second-order valence-corrected chi connectivity index (χ2v) is 6.98. The van der Waals surface area contributed by atoms with Crippen molar-refractivity contribution in [3.8, 4) is 0 Å². The molecule has 0 amide bonds. The fourth-order valence-electron chi connectivity index (χ4n) is 3.25. The molecule has 26 heavy (non-hydrogen) atoms. The van der Waals surface area contributed by atoms with Gasteiger partial charge in [0, 0.05) is 39.3 Å². The van der Waals surface area contributed by atoms with E-state index in [2.05, 4.69) is 17.6 Å². The van der Waals surface area contributed by atoms with Crippen LogP contribution in [0.3, 0.4) is 0 Å². The van der Waals surface area contributed by atoms with Gasteiger partial charge >= 0.3 is 0 Å². The van der Waals surface area contributed by atoms with E-state index in [-0.39, 0.29) is 12.7 Å². The van der Waals surface area contributed by atoms with Crippen LogP contribution in [0.25, 0.3) is 0 Å². The minimum Gasteiger partial charge on any atom is -0.469 e. The standard InChI is InChI=1S/C20H35N3O3/c1-2-6-17(10-12-24)15-22-20(21-11-9-18-8-5-14-25-18)23-16-19-7-3-4-13-26-19/h5,8,14,17,19,24H,2-4,6-7,9-13,15-16H2,1H3,(H2,21,22,23). The molecule has 6 nitrogen and oxygen atoms in total. The van der Waals surface area contributed by atoms with Gasteiger partial charge in [0.25, 0.3) is 0 Å². The van der Waals surface area contributed by atoms with Crippen LogP contribution in [0.15, 0.2) is 27.8 Å². The largest absolute Gasteiger partial charge is 0.469 e. The molecule has 0 bridgehead atoms. The number of nitrogens with one attached hydrogen (secondary N) is 2. The summed E-state index contributed by atoms with van der Waals surface area (Å²) in [5, 5.41) is 16.1. The third kappa shape index (κ3) is 8.23. The molecule has 3 N–H and O–H groups in total. The maximum atomic E-state index is 9.24. The zero-order chi connectivity index (χ0) is 18.5. The second-order valence-electron chi connectivity index (χ2n) is 6.98. The first-order valence-corrected chi connectivity index (χ1v) is 10.1. The Morgan fingerprint density at radius 1 is 1.35 bits per heavy atom. The lowest BCUT2D eigenvalue weighted by molar-refractivity contribution is 0.0194. The topological polar surface area (TPSA) is 79.0 Å². The number of aliphatic hydroxyl groups is 1. The van der Waals surface area contributed by atoms with Crippen LogP contribution in [-0.4, -0.2) is 50.0 Å². The quantitative estimate of drug-likeness (QED) is 0.415. The molecule has 2 heterocycles. The van der Waals surface area contributed by atoms with E-state index in [1.54, 1.807) is 6.26 Å². The van der Waals surface area contributed by atoms with Crippen molar-refractivity contribution in [3.63, 3.8) is 0 Å². The average molecular weight is 366 g/mol. The van der Waals surface area contributed by atoms with Gasteiger partial charge in [-0.05, 0) is 50.2 Å². The summed E-state index contributed by atoms with van der Waals surface area (Å²) in [6, 6.07) is 3.90. The molecule has 0 radical (unpaired) electrons. The Hall–Kier alpha value is -1.53. The van der Waals surface area contributed by atoms with E-state index >= 15 is 0 Å². The Kier molecular flexibility index (Phi) is 10.2. The van der Waals surface area contributed by atoms with Gasteiger partial charge in [-0.1, -0.05) is 13.3 Å². The van der Waals surface area contributed by atoms with Gasteiger partial charge in [0.1, 0.15) is 5.76 Å². The van der Waals surface area contributed by atoms with Crippen molar-refractivity contribution in [1.82, 2.24) is 10.6 Å². The normalized spacial score (nSPS) is 19.3. The highest BCUT2D eigenvalue weighted by molar-refractivity contribution is 5.79. The molecule has 1 aliphatic rings. The number of hydrogen-bond acceptors (Lipinski definition) is 4. The fraction of sp³-hybridized carbons (Fsp3) is 0.750. The molecule has 1 aromatic heterocycles. The van der Waals surface area contributed by atoms with E-state index in [4.69, 9.17) is 14.1 Å². The first-order valence-electron chi connectivity index (χ1n) is 10.1. The van der Waals surface area contributed by atoms with Crippen LogP contribution in [-0.2, 0) is 11.2 Å². The molecule has 1 fully saturated rings. The van der Waals surface area contributed by atoms with Crippen molar-refractivity contribution in [2.45, 2.75) is 58.0 Å². The van der Waals surface area contributed by atoms with Gasteiger partial charge in [-0.25, -0.2) is 0 Å². The molecule has 2 atom stereocenters. The molecule has 0 aliphatic carbocycles. The average Bonchev–Trinajstić information content (AvgIpc) is 3.18. The Morgan fingerprint density at radius 2 is 2.27 bits per heavy atom. The van der Waals surface area contributed by atoms with Crippen LogP contribution in [0.2, 0.25) is 0 Å². The second kappa shape index (κ2) is 12.8. The number of furan rings is 1. The molecular weight excluding hydrogens is 330 g/mol. The smallest absolute Gasteiger partial charge is 0.191 e. The van der Waals surface area contributed by atoms with Gasteiger partial charge in [0.05, 0.1) is 12.4 Å². The molecule has 0 saturated carbocycles. The van der Waals surface area contributed by atoms with Crippen molar-refractivity contribution in [2.75, 3.05) is 32.8 Å². The van der Waals surface area contributed by atoms with E-state index in [0.717, 1.165) is 70.1 Å². The highest BCUT2D eigenvalue weighted by Crippen LogP contribution is 2.12. The molecule has 1 saturated heterocycles. The van der Waals surface area contributed by atoms with Crippen molar-refractivity contribution in [3.05, 3.63) is 24.2 Å². The van der Waals surface area contributed by atoms with Crippen LogP contribution in [0, 0.1) is 5.92 Å². The van der Waals surface area contributed by atoms with E-state index in [1.807, 2.05) is 12.1 Å². The van der Waals surface area contributed by atoms with Gasteiger partial charge in [-0.2, -0.15) is 0 Å². The van der Waals surface area contributed by atoms with Gasteiger partial charge in [0.2, 0.25) is 0 Å². The number of aliphatic imine (C=N–C) groups is 1. The highest BCUT2D eigenvalue weighted by Gasteiger charge is 2.14. The lowest BCUT2D eigenvalue weighted by atomic mass is 10.0. The molecule has 0 spiro atoms. The van der Waals surface area contributed by atoms with Gasteiger partial charge in [-0.3, -0.25) is 4.99 Å². The lowest BCUT2D eigenvalue weighted by Crippen LogP contribution is -2.43. The van der Waals surface area contributed by atoms with Crippen LogP contribution in [0.5, 0.6) is 0 Å². The molecule has 1 aromatic rings. The van der Waals surface area contributed by atoms with Gasteiger partial charge < -0.3 is 24.9 Å². The Balaban J connectivity index is 1.83. The van der Waals surface area contributed by atoms with E-state index in [0.29, 0.717) is 5.92 Å². The molecular formula is C20H35N3O3. The number of aliphatic hydroxyl groups excluding tert-OH is 1. The molecule has 1 aliphatic heterocycles. The van der Waals surface area contributed by atoms with Crippen LogP contribution in [0.1, 0.15) is 51.2 Å². The Morgan fingerprint density at radius 3 is 2.96 bits per heavy atom. The summed E-state index contributed by atoms with van der Waals surface area (Å²) in [6.45, 7) is 5.55. The maximum absolute atomic E-state index is 9.24. The summed E-state index contributed by atoms with van der Waals surface area (Å²) in [5.41, 5.74) is 0. The highest BCUT2D eigenvalue weighted by atomic mass is 16.5. The number of hydrogen-bond donors (Lipinski definition) is 3. The third-order valence-corrected chi connectivity index (χ3v) is 4.76. The van der Waals surface area contributed by atoms with Gasteiger partial charge in [0.15, 0.2) is 5.96 Å². The summed E-state index contributed by atoms with van der Waals surface area (Å²) >= 11 is 0. The van der Waals surface area contributed by atoms with Crippen LogP contribution in [0.4, 0.5) is 0 Å². The molecule has 2 rings (SSSR count). The Bertz CT molecular complexity index is 479. The summed E-state index contributed by atoms with van der Waals surface area (Å²) < 4.78 is 11.2. The maximum Gasteiger partial charge on any atom is 0.191 e.